The molecule has 0 amide bonds. The van der Waals surface area contributed by atoms with E-state index in [1.165, 1.54) is 6.20 Å². The van der Waals surface area contributed by atoms with Crippen LogP contribution in [-0.4, -0.2) is 21.4 Å². The maximum Gasteiger partial charge on any atom is 0.242 e. The van der Waals surface area contributed by atoms with Gasteiger partial charge in [0.2, 0.25) is 6.43 Å². The summed E-state index contributed by atoms with van der Waals surface area (Å²) in [6.45, 7) is 5.78. The quantitative estimate of drug-likeness (QED) is 0.856. The number of rotatable bonds is 2. The highest BCUT2D eigenvalue weighted by Crippen LogP contribution is 2.17. The fraction of sp³-hybridized carbons (Fsp3) is 0.455. The molecule has 2 rings (SSSR count). The highest BCUT2D eigenvalue weighted by molar-refractivity contribution is 5.74. The minimum atomic E-state index is -2.35. The molecule has 0 atom stereocenters. The van der Waals surface area contributed by atoms with Crippen LogP contribution < -0.4 is 0 Å². The van der Waals surface area contributed by atoms with Crippen molar-refractivity contribution in [3.63, 3.8) is 0 Å². The summed E-state index contributed by atoms with van der Waals surface area (Å²) in [6, 6.07) is 0. The molecule has 3 nitrogen and oxygen atoms in total. The summed E-state index contributed by atoms with van der Waals surface area (Å²) in [5.74, 6) is 0. The van der Waals surface area contributed by atoms with Crippen molar-refractivity contribution in [2.75, 3.05) is 0 Å². The van der Waals surface area contributed by atoms with Crippen LogP contribution in [0.3, 0.4) is 0 Å². The van der Waals surface area contributed by atoms with E-state index < -0.39 is 6.43 Å². The zero-order valence-corrected chi connectivity index (χ0v) is 9.59. The number of hydrogen-bond donors (Lipinski definition) is 1. The van der Waals surface area contributed by atoms with Gasteiger partial charge in [0.05, 0.1) is 11.9 Å². The number of nitrogens with zero attached hydrogens (tertiary/aromatic N) is 2. The maximum absolute atomic E-state index is 12.2. The SMILES string of the molecule is CC.Cc1cnc2[nH]cc(CC(F)F)c2n1. The third kappa shape index (κ3) is 2.74. The van der Waals surface area contributed by atoms with Crippen molar-refractivity contribution in [1.29, 1.82) is 0 Å². The molecule has 2 aromatic heterocycles. The van der Waals surface area contributed by atoms with E-state index in [1.807, 2.05) is 13.8 Å². The molecule has 0 aliphatic carbocycles. The molecule has 88 valence electrons. The second-order valence-corrected chi connectivity index (χ2v) is 3.12. The lowest BCUT2D eigenvalue weighted by atomic mass is 10.2. The molecule has 2 aromatic rings. The van der Waals surface area contributed by atoms with Crippen molar-refractivity contribution in [1.82, 2.24) is 15.0 Å². The van der Waals surface area contributed by atoms with Crippen molar-refractivity contribution in [2.45, 2.75) is 33.6 Å². The molecule has 0 fully saturated rings. The van der Waals surface area contributed by atoms with Crippen LogP contribution in [0.2, 0.25) is 0 Å². The van der Waals surface area contributed by atoms with Gasteiger partial charge in [-0.1, -0.05) is 13.8 Å². The van der Waals surface area contributed by atoms with E-state index in [4.69, 9.17) is 0 Å². The molecule has 0 saturated carbocycles. The molecule has 16 heavy (non-hydrogen) atoms. The second kappa shape index (κ2) is 5.53. The predicted octanol–water partition coefficient (Wildman–Crippen LogP) is 3.10. The summed E-state index contributed by atoms with van der Waals surface area (Å²) in [5, 5.41) is 0. The van der Waals surface area contributed by atoms with E-state index >= 15 is 0 Å². The Bertz CT molecular complexity index is 451. The van der Waals surface area contributed by atoms with Gasteiger partial charge in [-0.15, -0.1) is 0 Å². The van der Waals surface area contributed by atoms with Gasteiger partial charge in [-0.3, -0.25) is 0 Å². The van der Waals surface area contributed by atoms with Crippen LogP contribution in [0.1, 0.15) is 25.1 Å². The maximum atomic E-state index is 12.2. The number of alkyl halides is 2. The molecule has 0 bridgehead atoms. The zero-order chi connectivity index (χ0) is 12.1. The summed E-state index contributed by atoms with van der Waals surface area (Å²) in [4.78, 5) is 11.0. The fourth-order valence-electron chi connectivity index (χ4n) is 1.35. The highest BCUT2D eigenvalue weighted by atomic mass is 19.3. The van der Waals surface area contributed by atoms with Gasteiger partial charge in [0.1, 0.15) is 5.52 Å². The van der Waals surface area contributed by atoms with Crippen LogP contribution in [-0.2, 0) is 6.42 Å². The Labute approximate surface area is 92.9 Å². The summed E-state index contributed by atoms with van der Waals surface area (Å²) >= 11 is 0. The molecule has 0 radical (unpaired) electrons. The average Bonchev–Trinajstić information content (AvgIpc) is 2.63. The van der Waals surface area contributed by atoms with Crippen LogP contribution in [0.4, 0.5) is 8.78 Å². The Morgan fingerprint density at radius 2 is 2.06 bits per heavy atom. The lowest BCUT2D eigenvalue weighted by Gasteiger charge is -1.97. The van der Waals surface area contributed by atoms with Crippen LogP contribution in [0.25, 0.3) is 11.2 Å². The summed E-state index contributed by atoms with van der Waals surface area (Å²) < 4.78 is 24.3. The number of hydrogen-bond acceptors (Lipinski definition) is 2. The normalized spacial score (nSPS) is 10.4. The van der Waals surface area contributed by atoms with E-state index in [1.54, 1.807) is 13.1 Å². The molecule has 0 aromatic carbocycles. The Hall–Kier alpha value is -1.52. The van der Waals surface area contributed by atoms with Gasteiger partial charge in [-0.05, 0) is 6.92 Å². The highest BCUT2D eigenvalue weighted by Gasteiger charge is 2.11. The van der Waals surface area contributed by atoms with Gasteiger partial charge in [-0.25, -0.2) is 18.7 Å². The number of nitrogens with one attached hydrogen (secondary N) is 1. The van der Waals surface area contributed by atoms with Gasteiger partial charge < -0.3 is 4.98 Å². The van der Waals surface area contributed by atoms with Gasteiger partial charge in [-0.2, -0.15) is 0 Å². The monoisotopic (exact) mass is 227 g/mol. The third-order valence-electron chi connectivity index (χ3n) is 1.95. The Balaban J connectivity index is 0.000000606. The van der Waals surface area contributed by atoms with Crippen molar-refractivity contribution in [3.05, 3.63) is 23.7 Å². The smallest absolute Gasteiger partial charge is 0.242 e. The summed E-state index contributed by atoms with van der Waals surface area (Å²) in [5.41, 5.74) is 2.36. The predicted molar refractivity (Wildman–Crippen MR) is 59.7 cm³/mol. The van der Waals surface area contributed by atoms with E-state index in [2.05, 4.69) is 15.0 Å². The number of aromatic amines is 1. The molecule has 0 aliphatic heterocycles. The van der Waals surface area contributed by atoms with E-state index in [0.717, 1.165) is 5.69 Å². The van der Waals surface area contributed by atoms with Crippen LogP contribution >= 0.6 is 0 Å². The van der Waals surface area contributed by atoms with Crippen molar-refractivity contribution < 1.29 is 8.78 Å². The Kier molecular flexibility index (Phi) is 4.34. The molecule has 5 heteroatoms. The third-order valence-corrected chi connectivity index (χ3v) is 1.95. The molecule has 0 aliphatic rings. The van der Waals surface area contributed by atoms with Crippen LogP contribution in [0.5, 0.6) is 0 Å². The molecule has 0 saturated heterocycles. The largest absolute Gasteiger partial charge is 0.345 e. The second-order valence-electron chi connectivity index (χ2n) is 3.12. The first-order valence-corrected chi connectivity index (χ1v) is 5.24. The van der Waals surface area contributed by atoms with E-state index in [0.29, 0.717) is 16.7 Å². The first-order chi connectivity index (χ1) is 7.66. The number of fused-ring (bicyclic) bond motifs is 1. The molecule has 0 spiro atoms. The standard InChI is InChI=1S/C9H9F2N3.C2H6/c1-5-3-12-9-8(14-5)6(4-13-9)2-7(10)11;1-2/h3-4,7H,2H2,1H3,(H,12,13);1-2H3. The number of H-pyrrole nitrogens is 1. The van der Waals surface area contributed by atoms with Gasteiger partial charge in [0.25, 0.3) is 0 Å². The molecular weight excluding hydrogens is 212 g/mol. The van der Waals surface area contributed by atoms with Crippen molar-refractivity contribution in [2.24, 2.45) is 0 Å². The summed E-state index contributed by atoms with van der Waals surface area (Å²) in [6.07, 6.45) is 0.510. The minimum Gasteiger partial charge on any atom is -0.345 e. The lowest BCUT2D eigenvalue weighted by molar-refractivity contribution is 0.149. The molecule has 2 heterocycles. The number of aromatic nitrogens is 3. The van der Waals surface area contributed by atoms with Crippen LogP contribution in [0.15, 0.2) is 12.4 Å². The van der Waals surface area contributed by atoms with E-state index in [-0.39, 0.29) is 6.42 Å². The minimum absolute atomic E-state index is 0.280. The number of halogens is 2. The summed E-state index contributed by atoms with van der Waals surface area (Å²) in [7, 11) is 0. The van der Waals surface area contributed by atoms with Crippen molar-refractivity contribution in [3.8, 4) is 0 Å². The Morgan fingerprint density at radius 1 is 1.38 bits per heavy atom. The molecule has 1 N–H and O–H groups in total. The van der Waals surface area contributed by atoms with Crippen LogP contribution in [0, 0.1) is 6.92 Å². The zero-order valence-electron chi connectivity index (χ0n) is 9.59. The lowest BCUT2D eigenvalue weighted by Crippen LogP contribution is -1.96. The Morgan fingerprint density at radius 3 is 2.69 bits per heavy atom. The first-order valence-electron chi connectivity index (χ1n) is 5.24. The molecular formula is C11H15F2N3. The van der Waals surface area contributed by atoms with Gasteiger partial charge >= 0.3 is 0 Å². The fourth-order valence-corrected chi connectivity index (χ4v) is 1.35. The van der Waals surface area contributed by atoms with E-state index in [9.17, 15) is 8.78 Å². The van der Waals surface area contributed by atoms with Gasteiger partial charge in [0, 0.05) is 18.2 Å². The first kappa shape index (κ1) is 12.5. The van der Waals surface area contributed by atoms with Gasteiger partial charge in [0.15, 0.2) is 5.65 Å². The average molecular weight is 227 g/mol. The molecule has 0 unspecified atom stereocenters. The topological polar surface area (TPSA) is 41.6 Å². The number of aryl methyl sites for hydroxylation is 1. The van der Waals surface area contributed by atoms with Crippen molar-refractivity contribution >= 4 is 11.2 Å².